The average Bonchev–Trinajstić information content (AvgIpc) is 2.85. The number of thioether (sulfide) groups is 1. The van der Waals surface area contributed by atoms with Gasteiger partial charge >= 0.3 is 0 Å². The number of hydrogen-bond acceptors (Lipinski definition) is 4. The number of aryl methyl sites for hydroxylation is 2. The van der Waals surface area contributed by atoms with Gasteiger partial charge in [-0.15, -0.1) is 0 Å². The summed E-state index contributed by atoms with van der Waals surface area (Å²) >= 11 is 1.31. The third-order valence-corrected chi connectivity index (χ3v) is 4.90. The van der Waals surface area contributed by atoms with Crippen molar-refractivity contribution in [3.8, 4) is 0 Å². The van der Waals surface area contributed by atoms with Crippen LogP contribution in [-0.4, -0.2) is 36.5 Å². The van der Waals surface area contributed by atoms with Crippen LogP contribution in [0.5, 0.6) is 0 Å². The summed E-state index contributed by atoms with van der Waals surface area (Å²) in [6.07, 6.45) is 0.700. The van der Waals surface area contributed by atoms with Gasteiger partial charge in [-0.1, -0.05) is 23.9 Å². The molecule has 1 saturated heterocycles. The highest BCUT2D eigenvalue weighted by Gasteiger charge is 2.36. The Morgan fingerprint density at radius 2 is 2.00 bits per heavy atom. The van der Waals surface area contributed by atoms with Crippen molar-refractivity contribution in [2.24, 2.45) is 0 Å². The molecule has 1 aliphatic rings. The van der Waals surface area contributed by atoms with E-state index in [9.17, 15) is 9.59 Å². The fraction of sp³-hybridized carbons (Fsp3) is 0.500. The maximum Gasteiger partial charge on any atom is 0.253 e. The van der Waals surface area contributed by atoms with Crippen molar-refractivity contribution >= 4 is 28.5 Å². The number of carbonyl (C=O) groups is 2. The molecular weight excluding hydrogens is 286 g/mol. The molecule has 2 rings (SSSR count). The molecule has 5 heteroatoms. The first-order chi connectivity index (χ1) is 9.97. The van der Waals surface area contributed by atoms with E-state index in [-0.39, 0.29) is 23.7 Å². The Bertz CT molecular complexity index is 571. The number of hydrogen-bond donors (Lipinski definition) is 0. The first kappa shape index (κ1) is 16.0. The topological polar surface area (TPSA) is 46.6 Å². The number of carbonyl (C=O) groups excluding carboxylic acids is 2. The molecule has 0 saturated carbocycles. The summed E-state index contributed by atoms with van der Waals surface area (Å²) in [4.78, 5) is 26.3. The SMILES string of the molecule is COCC(=O)N(c1c(C)ccc(C)c1C)C1CCSC1=O. The van der Waals surface area contributed by atoms with E-state index >= 15 is 0 Å². The summed E-state index contributed by atoms with van der Waals surface area (Å²) in [5, 5.41) is 0.0692. The van der Waals surface area contributed by atoms with Gasteiger partial charge in [0, 0.05) is 12.9 Å². The van der Waals surface area contributed by atoms with Gasteiger partial charge in [0.05, 0.1) is 5.69 Å². The summed E-state index contributed by atoms with van der Waals surface area (Å²) in [5.41, 5.74) is 4.03. The van der Waals surface area contributed by atoms with Crippen LogP contribution in [0, 0.1) is 20.8 Å². The molecule has 21 heavy (non-hydrogen) atoms. The molecule has 1 heterocycles. The van der Waals surface area contributed by atoms with E-state index in [1.54, 1.807) is 4.90 Å². The first-order valence-corrected chi connectivity index (χ1v) is 8.00. The number of nitrogens with zero attached hydrogens (tertiary/aromatic N) is 1. The first-order valence-electron chi connectivity index (χ1n) is 7.01. The van der Waals surface area contributed by atoms with E-state index < -0.39 is 0 Å². The maximum absolute atomic E-state index is 12.5. The maximum atomic E-state index is 12.5. The third kappa shape index (κ3) is 3.14. The van der Waals surface area contributed by atoms with Gasteiger partial charge in [0.1, 0.15) is 12.6 Å². The van der Waals surface area contributed by atoms with Gasteiger partial charge in [-0.3, -0.25) is 14.5 Å². The summed E-state index contributed by atoms with van der Waals surface area (Å²) < 4.78 is 5.00. The largest absolute Gasteiger partial charge is 0.375 e. The lowest BCUT2D eigenvalue weighted by Gasteiger charge is -2.31. The van der Waals surface area contributed by atoms with E-state index in [4.69, 9.17) is 4.74 Å². The monoisotopic (exact) mass is 307 g/mol. The minimum atomic E-state index is -0.378. The molecule has 114 valence electrons. The molecule has 1 unspecified atom stereocenters. The summed E-state index contributed by atoms with van der Waals surface area (Å²) in [5.74, 6) is 0.611. The van der Waals surface area contributed by atoms with Gasteiger partial charge < -0.3 is 4.74 Å². The van der Waals surface area contributed by atoms with Crippen LogP contribution >= 0.6 is 11.8 Å². The van der Waals surface area contributed by atoms with E-state index in [2.05, 4.69) is 0 Å². The van der Waals surface area contributed by atoms with Gasteiger partial charge in [-0.05, 0) is 43.9 Å². The fourth-order valence-electron chi connectivity index (χ4n) is 2.67. The standard InChI is InChI=1S/C16H21NO3S/c1-10-5-6-11(2)15(12(10)3)17(14(18)9-20-4)13-7-8-21-16(13)19/h5-6,13H,7-9H2,1-4H3. The molecule has 1 aromatic rings. The summed E-state index contributed by atoms with van der Waals surface area (Å²) in [7, 11) is 1.50. The molecule has 1 amide bonds. The second-order valence-electron chi connectivity index (χ2n) is 5.34. The second-order valence-corrected chi connectivity index (χ2v) is 6.44. The van der Waals surface area contributed by atoms with Crippen molar-refractivity contribution < 1.29 is 14.3 Å². The van der Waals surface area contributed by atoms with Gasteiger partial charge in [0.25, 0.3) is 5.91 Å². The van der Waals surface area contributed by atoms with Crippen LogP contribution in [0.2, 0.25) is 0 Å². The normalized spacial score (nSPS) is 18.1. The molecule has 4 nitrogen and oxygen atoms in total. The summed E-state index contributed by atoms with van der Waals surface area (Å²) in [6.45, 7) is 5.97. The average molecular weight is 307 g/mol. The molecule has 0 radical (unpaired) electrons. The van der Waals surface area contributed by atoms with Crippen LogP contribution in [0.1, 0.15) is 23.1 Å². The fourth-order valence-corrected chi connectivity index (χ4v) is 3.63. The van der Waals surface area contributed by atoms with Gasteiger partial charge in [0.2, 0.25) is 5.12 Å². The lowest BCUT2D eigenvalue weighted by atomic mass is 10.0. The van der Waals surface area contributed by atoms with Crippen LogP contribution in [0.15, 0.2) is 12.1 Å². The molecule has 1 aliphatic heterocycles. The van der Waals surface area contributed by atoms with Crippen LogP contribution in [0.4, 0.5) is 5.69 Å². The van der Waals surface area contributed by atoms with Crippen molar-refractivity contribution in [3.05, 3.63) is 28.8 Å². The summed E-state index contributed by atoms with van der Waals surface area (Å²) in [6, 6.07) is 3.66. The molecule has 1 fully saturated rings. The predicted molar refractivity (Wildman–Crippen MR) is 85.9 cm³/mol. The second kappa shape index (κ2) is 6.62. The van der Waals surface area contributed by atoms with Crippen molar-refractivity contribution in [1.29, 1.82) is 0 Å². The molecule has 0 N–H and O–H groups in total. The number of ether oxygens (including phenoxy) is 1. The van der Waals surface area contributed by atoms with Gasteiger partial charge in [0.15, 0.2) is 0 Å². The Hall–Kier alpha value is -1.33. The molecule has 1 aromatic carbocycles. The van der Waals surface area contributed by atoms with E-state index in [1.807, 2.05) is 32.9 Å². The Morgan fingerprint density at radius 1 is 1.33 bits per heavy atom. The third-order valence-electron chi connectivity index (χ3n) is 3.90. The molecule has 0 spiro atoms. The Morgan fingerprint density at radius 3 is 2.57 bits per heavy atom. The molecule has 0 bridgehead atoms. The lowest BCUT2D eigenvalue weighted by Crippen LogP contribution is -2.45. The van der Waals surface area contributed by atoms with Crippen LogP contribution < -0.4 is 4.90 Å². The molecule has 1 atom stereocenters. The molecule has 0 aliphatic carbocycles. The van der Waals surface area contributed by atoms with Crippen molar-refractivity contribution in [3.63, 3.8) is 0 Å². The van der Waals surface area contributed by atoms with Crippen LogP contribution in [-0.2, 0) is 14.3 Å². The van der Waals surface area contributed by atoms with Crippen molar-refractivity contribution in [2.45, 2.75) is 33.2 Å². The molecular formula is C16H21NO3S. The smallest absolute Gasteiger partial charge is 0.253 e. The zero-order valence-corrected chi connectivity index (χ0v) is 13.8. The highest BCUT2D eigenvalue weighted by molar-refractivity contribution is 8.14. The Balaban J connectivity index is 2.52. The minimum absolute atomic E-state index is 0.0126. The van der Waals surface area contributed by atoms with Gasteiger partial charge in [-0.25, -0.2) is 0 Å². The molecule has 0 aromatic heterocycles. The lowest BCUT2D eigenvalue weighted by molar-refractivity contribution is -0.124. The number of rotatable bonds is 4. The van der Waals surface area contributed by atoms with Crippen molar-refractivity contribution in [2.75, 3.05) is 24.4 Å². The van der Waals surface area contributed by atoms with E-state index in [0.717, 1.165) is 28.1 Å². The number of methoxy groups -OCH3 is 1. The zero-order valence-electron chi connectivity index (χ0n) is 12.9. The van der Waals surface area contributed by atoms with Gasteiger partial charge in [-0.2, -0.15) is 0 Å². The number of anilines is 1. The number of benzene rings is 1. The Labute approximate surface area is 129 Å². The zero-order chi connectivity index (χ0) is 15.6. The minimum Gasteiger partial charge on any atom is -0.375 e. The predicted octanol–water partition coefficient (Wildman–Crippen LogP) is 2.62. The van der Waals surface area contributed by atoms with E-state index in [0.29, 0.717) is 6.42 Å². The van der Waals surface area contributed by atoms with Crippen LogP contribution in [0.3, 0.4) is 0 Å². The highest BCUT2D eigenvalue weighted by Crippen LogP contribution is 2.34. The van der Waals surface area contributed by atoms with Crippen molar-refractivity contribution in [1.82, 2.24) is 0 Å². The Kier molecular flexibility index (Phi) is 5.06. The van der Waals surface area contributed by atoms with Crippen LogP contribution in [0.25, 0.3) is 0 Å². The number of amides is 1. The van der Waals surface area contributed by atoms with E-state index in [1.165, 1.54) is 18.9 Å². The quantitative estimate of drug-likeness (QED) is 0.858. The highest BCUT2D eigenvalue weighted by atomic mass is 32.2.